The number of benzene rings is 2. The zero-order valence-electron chi connectivity index (χ0n) is 12.1. The summed E-state index contributed by atoms with van der Waals surface area (Å²) in [5.74, 6) is 0. The van der Waals surface area contributed by atoms with E-state index in [1.165, 1.54) is 10.9 Å². The first-order valence-electron chi connectivity index (χ1n) is 6.79. The molecule has 0 aliphatic heterocycles. The maximum absolute atomic E-state index is 4.71. The summed E-state index contributed by atoms with van der Waals surface area (Å²) in [6, 6.07) is 14.7. The maximum atomic E-state index is 4.71. The van der Waals surface area contributed by atoms with Gasteiger partial charge in [0, 0.05) is 5.39 Å². The highest BCUT2D eigenvalue weighted by molar-refractivity contribution is 5.86. The van der Waals surface area contributed by atoms with E-state index in [0.29, 0.717) is 0 Å². The number of hydrogen-bond acceptors (Lipinski definition) is 1. The molecule has 3 rings (SSSR count). The Balaban J connectivity index is 2.33. The first-order chi connectivity index (χ1) is 9.58. The minimum atomic E-state index is 1.05. The maximum Gasteiger partial charge on any atom is 0.0750 e. The standard InChI is InChI=1S/C18H18N2/c1-12(2)15-9-10-16-14(4)19-20(18(16)11-15)17-8-6-5-7-13(17)3/h5-11H,1H2,2-4H3. The lowest BCUT2D eigenvalue weighted by Crippen LogP contribution is -1.99. The van der Waals surface area contributed by atoms with Crippen molar-refractivity contribution in [2.24, 2.45) is 0 Å². The van der Waals surface area contributed by atoms with Crippen molar-refractivity contribution < 1.29 is 0 Å². The molecule has 2 nitrogen and oxygen atoms in total. The third kappa shape index (κ3) is 1.94. The average molecular weight is 262 g/mol. The lowest BCUT2D eigenvalue weighted by Gasteiger charge is -2.08. The normalized spacial score (nSPS) is 10.9. The second-order valence-electron chi connectivity index (χ2n) is 5.30. The van der Waals surface area contributed by atoms with Crippen LogP contribution in [0.4, 0.5) is 0 Å². The molecule has 0 aliphatic carbocycles. The van der Waals surface area contributed by atoms with Gasteiger partial charge in [0.2, 0.25) is 0 Å². The molecule has 0 N–H and O–H groups in total. The fourth-order valence-electron chi connectivity index (χ4n) is 2.52. The molecule has 0 spiro atoms. The summed E-state index contributed by atoms with van der Waals surface area (Å²) in [5, 5.41) is 5.90. The molecule has 0 saturated carbocycles. The van der Waals surface area contributed by atoms with Crippen LogP contribution in [-0.2, 0) is 0 Å². The van der Waals surface area contributed by atoms with Gasteiger partial charge in [0.05, 0.1) is 16.9 Å². The number of nitrogens with zero attached hydrogens (tertiary/aromatic N) is 2. The van der Waals surface area contributed by atoms with Crippen molar-refractivity contribution in [3.05, 3.63) is 65.9 Å². The van der Waals surface area contributed by atoms with E-state index in [9.17, 15) is 0 Å². The Bertz CT molecular complexity index is 809. The van der Waals surface area contributed by atoms with Gasteiger partial charge in [-0.05, 0) is 44.0 Å². The van der Waals surface area contributed by atoms with Gasteiger partial charge in [0.15, 0.2) is 0 Å². The predicted octanol–water partition coefficient (Wildman–Crippen LogP) is 4.68. The molecule has 2 heteroatoms. The highest BCUT2D eigenvalue weighted by atomic mass is 15.3. The third-order valence-electron chi connectivity index (χ3n) is 3.70. The van der Waals surface area contributed by atoms with Crippen LogP contribution in [-0.4, -0.2) is 9.78 Å². The molecule has 3 aromatic rings. The van der Waals surface area contributed by atoms with Gasteiger partial charge >= 0.3 is 0 Å². The summed E-state index contributed by atoms with van der Waals surface area (Å²) in [6.45, 7) is 10.2. The van der Waals surface area contributed by atoms with Gasteiger partial charge < -0.3 is 0 Å². The quantitative estimate of drug-likeness (QED) is 0.656. The largest absolute Gasteiger partial charge is 0.233 e. The Morgan fingerprint density at radius 3 is 2.55 bits per heavy atom. The van der Waals surface area contributed by atoms with Gasteiger partial charge in [0.1, 0.15) is 0 Å². The number of allylic oxidation sites excluding steroid dienone is 1. The number of aromatic nitrogens is 2. The van der Waals surface area contributed by atoms with Crippen LogP contribution in [0.3, 0.4) is 0 Å². The van der Waals surface area contributed by atoms with Crippen LogP contribution in [0.5, 0.6) is 0 Å². The second-order valence-corrected chi connectivity index (χ2v) is 5.30. The molecule has 0 fully saturated rings. The lowest BCUT2D eigenvalue weighted by molar-refractivity contribution is 0.881. The summed E-state index contributed by atoms with van der Waals surface area (Å²) in [6.07, 6.45) is 0. The first kappa shape index (κ1) is 12.7. The van der Waals surface area contributed by atoms with E-state index in [0.717, 1.165) is 28.0 Å². The molecule has 2 aromatic carbocycles. The van der Waals surface area contributed by atoms with Crippen LogP contribution in [0.25, 0.3) is 22.2 Å². The van der Waals surface area contributed by atoms with E-state index in [-0.39, 0.29) is 0 Å². The highest BCUT2D eigenvalue weighted by Gasteiger charge is 2.11. The van der Waals surface area contributed by atoms with Gasteiger partial charge in [-0.25, -0.2) is 4.68 Å². The van der Waals surface area contributed by atoms with Crippen LogP contribution < -0.4 is 0 Å². The molecule has 0 unspecified atom stereocenters. The number of fused-ring (bicyclic) bond motifs is 1. The van der Waals surface area contributed by atoms with Crippen molar-refractivity contribution >= 4 is 16.5 Å². The summed E-state index contributed by atoms with van der Waals surface area (Å²) in [5.41, 5.74) is 6.77. The summed E-state index contributed by atoms with van der Waals surface area (Å²) < 4.78 is 2.03. The van der Waals surface area contributed by atoms with Crippen LogP contribution in [0.15, 0.2) is 49.0 Å². The van der Waals surface area contributed by atoms with Crippen molar-refractivity contribution in [3.8, 4) is 5.69 Å². The molecule has 0 atom stereocenters. The van der Waals surface area contributed by atoms with Gasteiger partial charge in [-0.1, -0.05) is 42.5 Å². The van der Waals surface area contributed by atoms with Gasteiger partial charge in [0.25, 0.3) is 0 Å². The molecular weight excluding hydrogens is 244 g/mol. The molecule has 0 saturated heterocycles. The molecule has 0 radical (unpaired) electrons. The van der Waals surface area contributed by atoms with Crippen molar-refractivity contribution in [2.75, 3.05) is 0 Å². The molecule has 1 aromatic heterocycles. The SMILES string of the molecule is C=C(C)c1ccc2c(C)nn(-c3ccccc3C)c2c1. The summed E-state index contributed by atoms with van der Waals surface area (Å²) in [4.78, 5) is 0. The van der Waals surface area contributed by atoms with E-state index in [1.807, 2.05) is 17.7 Å². The molecule has 0 amide bonds. The average Bonchev–Trinajstić information content (AvgIpc) is 2.76. The van der Waals surface area contributed by atoms with Crippen LogP contribution in [0.1, 0.15) is 23.7 Å². The van der Waals surface area contributed by atoms with E-state index >= 15 is 0 Å². The lowest BCUT2D eigenvalue weighted by atomic mass is 10.1. The smallest absolute Gasteiger partial charge is 0.0750 e. The zero-order chi connectivity index (χ0) is 14.3. The first-order valence-corrected chi connectivity index (χ1v) is 6.79. The minimum absolute atomic E-state index is 1.05. The zero-order valence-corrected chi connectivity index (χ0v) is 12.1. The van der Waals surface area contributed by atoms with Crippen molar-refractivity contribution in [2.45, 2.75) is 20.8 Å². The summed E-state index contributed by atoms with van der Waals surface area (Å²) in [7, 11) is 0. The van der Waals surface area contributed by atoms with Crippen molar-refractivity contribution in [1.82, 2.24) is 9.78 Å². The number of hydrogen-bond donors (Lipinski definition) is 0. The number of rotatable bonds is 2. The fraction of sp³-hybridized carbons (Fsp3) is 0.167. The Hall–Kier alpha value is -2.35. The van der Waals surface area contributed by atoms with E-state index in [1.54, 1.807) is 0 Å². The topological polar surface area (TPSA) is 17.8 Å². The van der Waals surface area contributed by atoms with Gasteiger partial charge in [-0.2, -0.15) is 5.10 Å². The summed E-state index contributed by atoms with van der Waals surface area (Å²) >= 11 is 0. The fourth-order valence-corrected chi connectivity index (χ4v) is 2.52. The Morgan fingerprint density at radius 1 is 1.10 bits per heavy atom. The number of aryl methyl sites for hydroxylation is 2. The second kappa shape index (κ2) is 4.64. The predicted molar refractivity (Wildman–Crippen MR) is 85.3 cm³/mol. The Morgan fingerprint density at radius 2 is 1.85 bits per heavy atom. The molecule has 0 aliphatic rings. The van der Waals surface area contributed by atoms with Crippen LogP contribution in [0.2, 0.25) is 0 Å². The molecule has 0 bridgehead atoms. The van der Waals surface area contributed by atoms with E-state index in [2.05, 4.69) is 56.8 Å². The van der Waals surface area contributed by atoms with Gasteiger partial charge in [-0.15, -0.1) is 0 Å². The van der Waals surface area contributed by atoms with E-state index < -0.39 is 0 Å². The van der Waals surface area contributed by atoms with Crippen LogP contribution >= 0.6 is 0 Å². The third-order valence-corrected chi connectivity index (χ3v) is 3.70. The van der Waals surface area contributed by atoms with E-state index in [4.69, 9.17) is 5.10 Å². The monoisotopic (exact) mass is 262 g/mol. The Labute approximate surface area is 119 Å². The van der Waals surface area contributed by atoms with Crippen molar-refractivity contribution in [3.63, 3.8) is 0 Å². The number of para-hydroxylation sites is 1. The highest BCUT2D eigenvalue weighted by Crippen LogP contribution is 2.26. The molecular formula is C18H18N2. The van der Waals surface area contributed by atoms with Crippen LogP contribution in [0, 0.1) is 13.8 Å². The van der Waals surface area contributed by atoms with Gasteiger partial charge in [-0.3, -0.25) is 0 Å². The van der Waals surface area contributed by atoms with Crippen molar-refractivity contribution in [1.29, 1.82) is 0 Å². The minimum Gasteiger partial charge on any atom is -0.233 e. The Kier molecular flexibility index (Phi) is 2.94. The molecule has 1 heterocycles. The molecule has 100 valence electrons. The molecule has 20 heavy (non-hydrogen) atoms.